The van der Waals surface area contributed by atoms with Crippen LogP contribution in [-0.4, -0.2) is 63.6 Å². The Morgan fingerprint density at radius 1 is 1.06 bits per heavy atom. The van der Waals surface area contributed by atoms with Crippen LogP contribution in [0.15, 0.2) is 18.2 Å². The van der Waals surface area contributed by atoms with Gasteiger partial charge in [0.05, 0.1) is 26.4 Å². The Kier molecular flexibility index (Phi) is 14.9. The first-order chi connectivity index (χ1) is 17.0. The minimum absolute atomic E-state index is 0.118. The molecular formula is C27H46F2N2O5. The Bertz CT molecular complexity index is 764. The van der Waals surface area contributed by atoms with Crippen LogP contribution in [0.25, 0.3) is 0 Å². The van der Waals surface area contributed by atoms with E-state index in [0.29, 0.717) is 37.1 Å². The molecule has 0 aliphatic rings. The average molecular weight is 517 g/mol. The minimum Gasteiger partial charge on any atom is -0.493 e. The molecular weight excluding hydrogens is 470 g/mol. The van der Waals surface area contributed by atoms with Gasteiger partial charge in [-0.15, -0.1) is 0 Å². The van der Waals surface area contributed by atoms with E-state index in [4.69, 9.17) is 19.9 Å². The number of alkyl halides is 2. The fourth-order valence-corrected chi connectivity index (χ4v) is 4.17. The van der Waals surface area contributed by atoms with Crippen LogP contribution in [0, 0.1) is 23.7 Å². The number of aliphatic hydroxyl groups is 1. The van der Waals surface area contributed by atoms with Crippen molar-refractivity contribution >= 4 is 5.91 Å². The number of rotatable bonds is 18. The monoisotopic (exact) mass is 516 g/mol. The van der Waals surface area contributed by atoms with Crippen LogP contribution in [0.1, 0.15) is 52.5 Å². The van der Waals surface area contributed by atoms with Gasteiger partial charge in [-0.2, -0.15) is 0 Å². The van der Waals surface area contributed by atoms with Gasteiger partial charge in [0.25, 0.3) is 6.43 Å². The number of carbonyl (C=O) groups is 1. The molecule has 0 bridgehead atoms. The molecule has 0 saturated heterocycles. The molecule has 1 aromatic rings. The van der Waals surface area contributed by atoms with Gasteiger partial charge in [-0.1, -0.05) is 33.8 Å². The van der Waals surface area contributed by atoms with Gasteiger partial charge in [-0.25, -0.2) is 8.78 Å². The molecule has 208 valence electrons. The van der Waals surface area contributed by atoms with Crippen molar-refractivity contribution < 1.29 is 32.9 Å². The number of aliphatic hydroxyl groups excluding tert-OH is 1. The minimum atomic E-state index is -2.62. The molecule has 1 amide bonds. The molecule has 0 saturated carbocycles. The predicted octanol–water partition coefficient (Wildman–Crippen LogP) is 4.05. The zero-order valence-electron chi connectivity index (χ0n) is 22.6. The van der Waals surface area contributed by atoms with E-state index in [1.165, 1.54) is 0 Å². The van der Waals surface area contributed by atoms with Crippen molar-refractivity contribution in [3.05, 3.63) is 23.8 Å². The Hall–Kier alpha value is -1.97. The van der Waals surface area contributed by atoms with Crippen molar-refractivity contribution in [2.24, 2.45) is 29.4 Å². The van der Waals surface area contributed by atoms with E-state index in [1.807, 2.05) is 32.0 Å². The Morgan fingerprint density at radius 3 is 2.31 bits per heavy atom. The molecule has 0 aromatic heterocycles. The van der Waals surface area contributed by atoms with Gasteiger partial charge >= 0.3 is 0 Å². The summed E-state index contributed by atoms with van der Waals surface area (Å²) in [7, 11) is 3.26. The second kappa shape index (κ2) is 16.7. The van der Waals surface area contributed by atoms with E-state index < -0.39 is 36.9 Å². The molecule has 36 heavy (non-hydrogen) atoms. The smallest absolute Gasteiger partial charge is 0.255 e. The van der Waals surface area contributed by atoms with Crippen LogP contribution >= 0.6 is 0 Å². The molecule has 0 aliphatic carbocycles. The van der Waals surface area contributed by atoms with Crippen LogP contribution in [0.4, 0.5) is 8.78 Å². The topological polar surface area (TPSA) is 103 Å². The molecule has 0 spiro atoms. The van der Waals surface area contributed by atoms with E-state index in [9.17, 15) is 18.7 Å². The zero-order valence-corrected chi connectivity index (χ0v) is 22.6. The maximum Gasteiger partial charge on any atom is 0.255 e. The summed E-state index contributed by atoms with van der Waals surface area (Å²) in [5, 5.41) is 13.1. The Labute approximate surface area is 215 Å². The van der Waals surface area contributed by atoms with Gasteiger partial charge in [-0.05, 0) is 54.7 Å². The van der Waals surface area contributed by atoms with Crippen LogP contribution in [0.3, 0.4) is 0 Å². The van der Waals surface area contributed by atoms with E-state index in [0.717, 1.165) is 18.4 Å². The normalized spacial score (nSPS) is 15.1. The van der Waals surface area contributed by atoms with E-state index >= 15 is 0 Å². The quantitative estimate of drug-likeness (QED) is 0.255. The third kappa shape index (κ3) is 11.4. The van der Waals surface area contributed by atoms with Crippen molar-refractivity contribution in [1.82, 2.24) is 5.32 Å². The van der Waals surface area contributed by atoms with Gasteiger partial charge in [0.1, 0.15) is 0 Å². The fourth-order valence-electron chi connectivity index (χ4n) is 4.17. The second-order valence-corrected chi connectivity index (χ2v) is 10.1. The molecule has 0 fully saturated rings. The number of hydrogen-bond donors (Lipinski definition) is 3. The number of halogens is 2. The number of amides is 1. The summed E-state index contributed by atoms with van der Waals surface area (Å²) in [6, 6.07) is 5.31. The first-order valence-electron chi connectivity index (χ1n) is 12.8. The lowest BCUT2D eigenvalue weighted by molar-refractivity contribution is -0.128. The highest BCUT2D eigenvalue weighted by atomic mass is 19.3. The van der Waals surface area contributed by atoms with Crippen LogP contribution < -0.4 is 20.5 Å². The van der Waals surface area contributed by atoms with Crippen molar-refractivity contribution in [2.45, 2.75) is 71.9 Å². The molecule has 1 aromatic carbocycles. The van der Waals surface area contributed by atoms with E-state index in [1.54, 1.807) is 14.2 Å². The highest BCUT2D eigenvalue weighted by Gasteiger charge is 2.30. The molecule has 7 nitrogen and oxygen atoms in total. The summed E-state index contributed by atoms with van der Waals surface area (Å²) in [5.74, 6) is 0.616. The first-order valence-corrected chi connectivity index (χ1v) is 12.8. The number of methoxy groups -OCH3 is 2. The number of carbonyl (C=O) groups excluding carboxylic acids is 1. The standard InChI is InChI=1S/C27H46F2N2O5/c1-17(2)20(12-19-8-9-24(35-6)25(13-19)36-11-7-10-34-5)14-22(30)23(32)15-21(18(3)4)27(33)31-16-26(28)29/h8-9,13,17-18,20-23,26,32H,7,10-12,14-16,30H2,1-6H3,(H,31,33)/t20-,21-,22-,23-/m0/s1. The van der Waals surface area contributed by atoms with Crippen LogP contribution in [0.2, 0.25) is 0 Å². The largest absolute Gasteiger partial charge is 0.493 e. The molecule has 0 heterocycles. The van der Waals surface area contributed by atoms with Gasteiger partial charge < -0.3 is 30.4 Å². The Balaban J connectivity index is 2.84. The summed E-state index contributed by atoms with van der Waals surface area (Å²) in [5.41, 5.74) is 7.47. The lowest BCUT2D eigenvalue weighted by Gasteiger charge is -2.30. The van der Waals surface area contributed by atoms with Crippen molar-refractivity contribution in [1.29, 1.82) is 0 Å². The summed E-state index contributed by atoms with van der Waals surface area (Å²) >= 11 is 0. The number of nitrogens with two attached hydrogens (primary N) is 1. The van der Waals surface area contributed by atoms with Gasteiger partial charge in [0, 0.05) is 32.1 Å². The molecule has 9 heteroatoms. The molecule has 0 aliphatic heterocycles. The highest BCUT2D eigenvalue weighted by Crippen LogP contribution is 2.31. The maximum atomic E-state index is 12.5. The van der Waals surface area contributed by atoms with E-state index in [-0.39, 0.29) is 18.3 Å². The zero-order chi connectivity index (χ0) is 27.3. The SMILES string of the molecule is COCCCOc1cc(C[C@@H](C[C@H](N)[C@@H](O)C[C@H](C(=O)NCC(F)F)C(C)C)C(C)C)ccc1OC. The van der Waals surface area contributed by atoms with E-state index in [2.05, 4.69) is 19.2 Å². The molecule has 4 atom stereocenters. The third-order valence-electron chi connectivity index (χ3n) is 6.56. The predicted molar refractivity (Wildman–Crippen MR) is 138 cm³/mol. The summed E-state index contributed by atoms with van der Waals surface area (Å²) in [6.45, 7) is 8.33. The van der Waals surface area contributed by atoms with Gasteiger partial charge in [0.15, 0.2) is 11.5 Å². The third-order valence-corrected chi connectivity index (χ3v) is 6.56. The average Bonchev–Trinajstić information content (AvgIpc) is 2.82. The number of hydrogen-bond acceptors (Lipinski definition) is 6. The van der Waals surface area contributed by atoms with Gasteiger partial charge in [0.2, 0.25) is 5.91 Å². The lowest BCUT2D eigenvalue weighted by atomic mass is 9.81. The first kappa shape index (κ1) is 32.1. The Morgan fingerprint density at radius 2 is 1.75 bits per heavy atom. The summed E-state index contributed by atoms with van der Waals surface area (Å²) < 4.78 is 41.4. The summed E-state index contributed by atoms with van der Waals surface area (Å²) in [4.78, 5) is 12.4. The fraction of sp³-hybridized carbons (Fsp3) is 0.741. The van der Waals surface area contributed by atoms with Crippen LogP contribution in [0.5, 0.6) is 11.5 Å². The van der Waals surface area contributed by atoms with Crippen molar-refractivity contribution in [2.75, 3.05) is 34.0 Å². The lowest BCUT2D eigenvalue weighted by Crippen LogP contribution is -2.43. The highest BCUT2D eigenvalue weighted by molar-refractivity contribution is 5.78. The van der Waals surface area contributed by atoms with Gasteiger partial charge in [-0.3, -0.25) is 4.79 Å². The summed E-state index contributed by atoms with van der Waals surface area (Å²) in [6.07, 6.45) is -1.36. The number of nitrogens with one attached hydrogen (secondary N) is 1. The van der Waals surface area contributed by atoms with Crippen LogP contribution in [-0.2, 0) is 16.0 Å². The second-order valence-electron chi connectivity index (χ2n) is 10.1. The maximum absolute atomic E-state index is 12.5. The molecule has 0 unspecified atom stereocenters. The molecule has 1 rings (SSSR count). The van der Waals surface area contributed by atoms with Crippen molar-refractivity contribution in [3.63, 3.8) is 0 Å². The number of benzene rings is 1. The van der Waals surface area contributed by atoms with Crippen molar-refractivity contribution in [3.8, 4) is 11.5 Å². The molecule has 4 N–H and O–H groups in total. The number of ether oxygens (including phenoxy) is 3. The molecule has 0 radical (unpaired) electrons.